The normalized spacial score (nSPS) is 46.7. The molecule has 87 heavy (non-hydrogen) atoms. The first-order valence-electron chi connectivity index (χ1n) is 30.7. The van der Waals surface area contributed by atoms with E-state index in [4.69, 9.17) is 66.3 Å². The minimum atomic E-state index is -2.19. The van der Waals surface area contributed by atoms with Gasteiger partial charge in [-0.3, -0.25) is 4.98 Å². The van der Waals surface area contributed by atoms with Gasteiger partial charge in [0.25, 0.3) is 0 Å². The Bertz CT molecular complexity index is 2730. The zero-order chi connectivity index (χ0) is 62.6. The zero-order valence-corrected chi connectivity index (χ0v) is 51.7. The van der Waals surface area contributed by atoms with Crippen LogP contribution >= 0.6 is 0 Å². The first-order chi connectivity index (χ1) is 41.3. The van der Waals surface area contributed by atoms with Gasteiger partial charge in [-0.25, -0.2) is 9.59 Å². The Balaban J connectivity index is 0.787. The van der Waals surface area contributed by atoms with E-state index >= 15 is 0 Å². The Morgan fingerprint density at radius 2 is 1.25 bits per heavy atom. The van der Waals surface area contributed by atoms with Crippen LogP contribution in [0.2, 0.25) is 0 Å². The van der Waals surface area contributed by atoms with Crippen molar-refractivity contribution in [1.82, 2.24) is 4.98 Å². The van der Waals surface area contributed by atoms with Crippen molar-refractivity contribution in [1.29, 1.82) is 0 Å². The number of aromatic nitrogens is 1. The van der Waals surface area contributed by atoms with Gasteiger partial charge >= 0.3 is 11.9 Å². The fourth-order valence-corrected chi connectivity index (χ4v) is 16.0. The van der Waals surface area contributed by atoms with Crippen LogP contribution in [-0.4, -0.2) is 221 Å². The predicted molar refractivity (Wildman–Crippen MR) is 307 cm³/mol. The summed E-state index contributed by atoms with van der Waals surface area (Å²) in [5, 5.41) is 74.2. The van der Waals surface area contributed by atoms with Crippen molar-refractivity contribution in [2.45, 2.75) is 251 Å². The fourth-order valence-electron chi connectivity index (χ4n) is 16.0. The highest BCUT2D eigenvalue weighted by Gasteiger charge is 2.82. The van der Waals surface area contributed by atoms with Crippen LogP contribution in [0.25, 0.3) is 6.08 Å². The largest absolute Gasteiger partial charge is 0.458 e. The molecule has 0 unspecified atom stereocenters. The maximum atomic E-state index is 14.0. The number of carbonyl (C=O) groups excluding carboxylic acids is 2. The summed E-state index contributed by atoms with van der Waals surface area (Å²) in [5.41, 5.74) is -10.0. The van der Waals surface area contributed by atoms with E-state index in [1.165, 1.54) is 44.6 Å². The smallest absolute Gasteiger partial charge is 0.340 e. The van der Waals surface area contributed by atoms with Gasteiger partial charge in [0.2, 0.25) is 0 Å². The van der Waals surface area contributed by atoms with Crippen molar-refractivity contribution < 1.29 is 107 Å². The summed E-state index contributed by atoms with van der Waals surface area (Å²) < 4.78 is 87.1. The van der Waals surface area contributed by atoms with Crippen molar-refractivity contribution >= 4 is 18.0 Å². The summed E-state index contributed by atoms with van der Waals surface area (Å²) in [5.74, 6) is -2.44. The molecule has 0 amide bonds. The molecular weight excluding hydrogens is 1130 g/mol. The first kappa shape index (κ1) is 66.0. The molecule has 0 radical (unpaired) electrons. The SMILES string of the molecule is CO[C@@H]1[C@@H](O)[C@H](O[C@@H]2[C@@H](C)O[C@@H](O[C@H]3[C@@H](OC)C[C@H](O[C@H]4[C@@H](OC)C[C@H](O[C@H]5CC[C@]6(C)[C@H]7C[C@@H](OC(=O)C=Cc8ccccc8)[C@@]8(C)[C@](O)(CC[C@@]8(O)[C@H](C)OC(=O)c8cccnc8)[C@]7(O)C=C[C@@]6(O)C5)O[C@@H]4C)O[C@@H]3C)C[C@H]2OC)O[C@H](C)[C@H]1O. The second-order valence-electron chi connectivity index (χ2n) is 25.8. The van der Waals surface area contributed by atoms with E-state index in [-0.39, 0.29) is 44.1 Å². The van der Waals surface area contributed by atoms with E-state index in [0.717, 1.165) is 5.56 Å². The van der Waals surface area contributed by atoms with Crippen molar-refractivity contribution in [3.63, 3.8) is 0 Å². The quantitative estimate of drug-likeness (QED) is 0.0691. The number of hydrogen-bond donors (Lipinski definition) is 6. The van der Waals surface area contributed by atoms with Crippen LogP contribution in [-0.2, 0) is 71.1 Å². The van der Waals surface area contributed by atoms with Crippen molar-refractivity contribution in [3.05, 3.63) is 84.2 Å². The number of nitrogens with zero attached hydrogens (tertiary/aromatic N) is 1. The number of methoxy groups -OCH3 is 4. The molecule has 3 saturated carbocycles. The molecule has 7 fully saturated rings. The molecule has 5 heterocycles. The molecule has 4 saturated heterocycles. The minimum Gasteiger partial charge on any atom is -0.458 e. The molecule has 2 aromatic rings. The van der Waals surface area contributed by atoms with E-state index in [1.54, 1.807) is 53.4 Å². The molecule has 8 aliphatic rings. The van der Waals surface area contributed by atoms with Gasteiger partial charge in [0.1, 0.15) is 65.6 Å². The van der Waals surface area contributed by atoms with E-state index < -0.39 is 174 Å². The van der Waals surface area contributed by atoms with Crippen molar-refractivity contribution in [2.24, 2.45) is 16.7 Å². The predicted octanol–water partition coefficient (Wildman–Crippen LogP) is 4.23. The Hall–Kier alpha value is -3.93. The molecule has 6 N–H and O–H groups in total. The highest BCUT2D eigenvalue weighted by molar-refractivity contribution is 5.89. The molecule has 4 aliphatic carbocycles. The van der Waals surface area contributed by atoms with Gasteiger partial charge in [-0.15, -0.1) is 0 Å². The molecule has 484 valence electrons. The molecular formula is C64H91NO22. The molecule has 23 heteroatoms. The summed E-state index contributed by atoms with van der Waals surface area (Å²) in [7, 11) is 6.16. The number of benzene rings is 1. The van der Waals surface area contributed by atoms with Gasteiger partial charge in [0.05, 0.1) is 65.4 Å². The molecule has 10 rings (SSSR count). The number of carbonyl (C=O) groups is 2. The van der Waals surface area contributed by atoms with Gasteiger partial charge < -0.3 is 97.0 Å². The lowest BCUT2D eigenvalue weighted by atomic mass is 9.41. The third kappa shape index (κ3) is 11.9. The summed E-state index contributed by atoms with van der Waals surface area (Å²) in [6.07, 6.45) is -5.31. The first-order valence-corrected chi connectivity index (χ1v) is 30.7. The van der Waals surface area contributed by atoms with Gasteiger partial charge in [-0.2, -0.15) is 0 Å². The van der Waals surface area contributed by atoms with Crippen LogP contribution in [0.3, 0.4) is 0 Å². The van der Waals surface area contributed by atoms with E-state index in [1.807, 2.05) is 58.0 Å². The summed E-state index contributed by atoms with van der Waals surface area (Å²) in [6.45, 7) is 12.2. The number of hydrogen-bond acceptors (Lipinski definition) is 23. The second kappa shape index (κ2) is 26.0. The lowest BCUT2D eigenvalue weighted by Gasteiger charge is -2.68. The Kier molecular flexibility index (Phi) is 19.7. The molecule has 4 aliphatic heterocycles. The third-order valence-corrected chi connectivity index (χ3v) is 21.2. The monoisotopic (exact) mass is 1230 g/mol. The minimum absolute atomic E-state index is 0.0871. The summed E-state index contributed by atoms with van der Waals surface area (Å²) >= 11 is 0. The molecule has 1 aromatic carbocycles. The lowest BCUT2D eigenvalue weighted by Crippen LogP contribution is -2.80. The van der Waals surface area contributed by atoms with Gasteiger partial charge in [0.15, 0.2) is 25.2 Å². The van der Waals surface area contributed by atoms with Crippen molar-refractivity contribution in [2.75, 3.05) is 28.4 Å². The van der Waals surface area contributed by atoms with Crippen LogP contribution in [0.15, 0.2) is 73.1 Å². The summed E-state index contributed by atoms with van der Waals surface area (Å²) in [4.78, 5) is 31.5. The second-order valence-corrected chi connectivity index (χ2v) is 25.8. The number of pyridine rings is 1. The number of ether oxygens (including phenoxy) is 14. The maximum absolute atomic E-state index is 14.0. The maximum Gasteiger partial charge on any atom is 0.340 e. The highest BCUT2D eigenvalue weighted by Crippen LogP contribution is 2.72. The third-order valence-electron chi connectivity index (χ3n) is 21.2. The average molecular weight is 1230 g/mol. The Morgan fingerprint density at radius 1 is 0.667 bits per heavy atom. The van der Waals surface area contributed by atoms with Crippen LogP contribution in [0.5, 0.6) is 0 Å². The zero-order valence-electron chi connectivity index (χ0n) is 51.7. The standard InChI is InChI=1S/C64H91NO22/c1-34-51(67)56(77-11)52(68)58(81-34)87-55-37(4)80-50(30-44(55)76-10)86-54-36(3)79-49(29-43(54)75-9)85-53-35(2)78-48(28-42(53)74-8)83-41-21-22-59(6)45-31-46(84-47(66)20-19-39-16-13-12-14-17-39)60(7)62(71,38(5)82-57(69)40-18-15-27-65-33-40)25-26-64(60,73)63(45,72)24-23-61(59,70)32-41/h12-20,23-24,27,33-38,41-46,48-56,58,67-68,70-73H,21-22,25-26,28-32H2,1-11H3/t34-,35-,36-,37-,38+,41+,42+,43+,44-,45-,46-,48+,49+,50+,51-,52-,53-,54-,55-,56+,58+,59-,60-,61-,62-,63+,64-/m1/s1. The fraction of sp³-hybridized carbons (Fsp3) is 0.734. The molecule has 27 atom stereocenters. The van der Waals surface area contributed by atoms with Crippen LogP contribution in [0.1, 0.15) is 122 Å². The average Bonchev–Trinajstić information content (AvgIpc) is 1.62. The highest BCUT2D eigenvalue weighted by atomic mass is 16.8. The van der Waals surface area contributed by atoms with Crippen LogP contribution in [0, 0.1) is 16.7 Å². The molecule has 0 bridgehead atoms. The number of fused-ring (bicyclic) bond motifs is 5. The number of esters is 2. The Labute approximate surface area is 508 Å². The van der Waals surface area contributed by atoms with E-state index in [0.29, 0.717) is 19.3 Å². The van der Waals surface area contributed by atoms with E-state index in [9.17, 15) is 40.2 Å². The van der Waals surface area contributed by atoms with Gasteiger partial charge in [-0.1, -0.05) is 56.3 Å². The molecule has 23 nitrogen and oxygen atoms in total. The van der Waals surface area contributed by atoms with Gasteiger partial charge in [-0.05, 0) is 90.5 Å². The van der Waals surface area contributed by atoms with Crippen LogP contribution < -0.4 is 0 Å². The van der Waals surface area contributed by atoms with Crippen LogP contribution in [0.4, 0.5) is 0 Å². The summed E-state index contributed by atoms with van der Waals surface area (Å²) in [6, 6.07) is 12.3. The number of aliphatic hydroxyl groups is 6. The molecule has 1 aromatic heterocycles. The van der Waals surface area contributed by atoms with E-state index in [2.05, 4.69) is 4.98 Å². The Morgan fingerprint density at radius 3 is 1.82 bits per heavy atom. The number of aliphatic hydroxyl groups excluding tert-OH is 2. The lowest BCUT2D eigenvalue weighted by molar-refractivity contribution is -0.356. The number of rotatable bonds is 18. The van der Waals surface area contributed by atoms with Gasteiger partial charge in [0, 0.05) is 83.9 Å². The topological polar surface area (TPSA) is 298 Å². The molecule has 0 spiro atoms. The van der Waals surface area contributed by atoms with Crippen molar-refractivity contribution in [3.8, 4) is 0 Å².